The molecule has 0 radical (unpaired) electrons. The molecule has 0 saturated heterocycles. The van der Waals surface area contributed by atoms with Gasteiger partial charge in [0, 0.05) is 26.0 Å². The Kier molecular flexibility index (Phi) is 5.90. The smallest absolute Gasteiger partial charge is 0.380 e. The van der Waals surface area contributed by atoms with E-state index in [2.05, 4.69) is 15.9 Å². The minimum absolute atomic E-state index is 0.455. The SMILES string of the molecule is CCc1cc(Cl)c(OP(=S)(OC)OC)c(Br)c1. The maximum absolute atomic E-state index is 6.14. The molecule has 17 heavy (non-hydrogen) atoms. The molecule has 1 aromatic carbocycles. The highest BCUT2D eigenvalue weighted by atomic mass is 79.9. The van der Waals surface area contributed by atoms with Crippen molar-refractivity contribution in [1.82, 2.24) is 0 Å². The van der Waals surface area contributed by atoms with Crippen LogP contribution in [0.5, 0.6) is 5.75 Å². The summed E-state index contributed by atoms with van der Waals surface area (Å²) in [6, 6.07) is 3.78. The van der Waals surface area contributed by atoms with Crippen LogP contribution < -0.4 is 4.52 Å². The molecule has 0 unspecified atom stereocenters. The van der Waals surface area contributed by atoms with Crippen molar-refractivity contribution >= 4 is 46.1 Å². The van der Waals surface area contributed by atoms with Crippen LogP contribution in [-0.2, 0) is 27.3 Å². The van der Waals surface area contributed by atoms with Crippen LogP contribution in [0.2, 0.25) is 5.02 Å². The van der Waals surface area contributed by atoms with Crippen LogP contribution >= 0.6 is 34.2 Å². The van der Waals surface area contributed by atoms with Gasteiger partial charge in [0.2, 0.25) is 0 Å². The predicted octanol–water partition coefficient (Wildman–Crippen LogP) is 4.56. The first-order chi connectivity index (χ1) is 7.95. The summed E-state index contributed by atoms with van der Waals surface area (Å²) in [7, 11) is 2.90. The van der Waals surface area contributed by atoms with Crippen LogP contribution in [0.1, 0.15) is 12.5 Å². The third-order valence-electron chi connectivity index (χ3n) is 2.12. The predicted molar refractivity (Wildman–Crippen MR) is 77.5 cm³/mol. The fourth-order valence-corrected chi connectivity index (χ4v) is 3.27. The van der Waals surface area contributed by atoms with Crippen LogP contribution in [0.4, 0.5) is 0 Å². The first-order valence-electron chi connectivity index (χ1n) is 4.84. The van der Waals surface area contributed by atoms with Crippen molar-refractivity contribution in [2.24, 2.45) is 0 Å². The second-order valence-electron chi connectivity index (χ2n) is 3.15. The molecule has 3 nitrogen and oxygen atoms in total. The van der Waals surface area contributed by atoms with Crippen molar-refractivity contribution in [3.8, 4) is 5.75 Å². The molecule has 0 fully saturated rings. The molecule has 0 atom stereocenters. The number of hydrogen-bond donors (Lipinski definition) is 0. The van der Waals surface area contributed by atoms with Gasteiger partial charge in [0.15, 0.2) is 5.75 Å². The third kappa shape index (κ3) is 3.91. The Morgan fingerprint density at radius 1 is 1.35 bits per heavy atom. The number of halogens is 2. The van der Waals surface area contributed by atoms with Gasteiger partial charge in [-0.1, -0.05) is 18.5 Å². The zero-order valence-corrected chi connectivity index (χ0v) is 13.8. The second kappa shape index (κ2) is 6.50. The zero-order chi connectivity index (χ0) is 13.1. The molecule has 1 rings (SSSR count). The molecule has 7 heteroatoms. The molecule has 0 amide bonds. The number of rotatable bonds is 5. The van der Waals surface area contributed by atoms with Gasteiger partial charge in [-0.3, -0.25) is 0 Å². The Hall–Kier alpha value is 0.360. The van der Waals surface area contributed by atoms with Crippen LogP contribution in [0.3, 0.4) is 0 Å². The molecule has 0 aliphatic carbocycles. The van der Waals surface area contributed by atoms with Crippen molar-refractivity contribution in [3.63, 3.8) is 0 Å². The van der Waals surface area contributed by atoms with Gasteiger partial charge in [-0.05, 0) is 40.0 Å². The lowest BCUT2D eigenvalue weighted by Gasteiger charge is -2.20. The van der Waals surface area contributed by atoms with Crippen LogP contribution in [0.25, 0.3) is 0 Å². The summed E-state index contributed by atoms with van der Waals surface area (Å²) in [4.78, 5) is 0. The maximum Gasteiger partial charge on any atom is 0.380 e. The molecule has 0 spiro atoms. The lowest BCUT2D eigenvalue weighted by molar-refractivity contribution is 0.273. The van der Waals surface area contributed by atoms with Gasteiger partial charge >= 0.3 is 6.72 Å². The van der Waals surface area contributed by atoms with Crippen LogP contribution in [-0.4, -0.2) is 14.2 Å². The van der Waals surface area contributed by atoms with Crippen molar-refractivity contribution in [2.75, 3.05) is 14.2 Å². The highest BCUT2D eigenvalue weighted by Gasteiger charge is 2.22. The number of hydrogen-bond acceptors (Lipinski definition) is 4. The van der Waals surface area contributed by atoms with E-state index in [1.807, 2.05) is 19.1 Å². The molecule has 0 heterocycles. The fraction of sp³-hybridized carbons (Fsp3) is 0.400. The van der Waals surface area contributed by atoms with E-state index in [0.29, 0.717) is 10.8 Å². The molecule has 0 aliphatic heterocycles. The Labute approximate surface area is 120 Å². The molecule has 0 aromatic heterocycles. The Morgan fingerprint density at radius 3 is 2.35 bits per heavy atom. The molecular formula is C10H13BrClO3PS. The van der Waals surface area contributed by atoms with Gasteiger partial charge in [0.25, 0.3) is 0 Å². The molecule has 0 bridgehead atoms. The van der Waals surface area contributed by atoms with Crippen molar-refractivity contribution in [2.45, 2.75) is 13.3 Å². The van der Waals surface area contributed by atoms with E-state index in [9.17, 15) is 0 Å². The lowest BCUT2D eigenvalue weighted by Crippen LogP contribution is -1.98. The Morgan fingerprint density at radius 2 is 1.94 bits per heavy atom. The molecule has 0 aliphatic rings. The molecule has 0 N–H and O–H groups in total. The van der Waals surface area contributed by atoms with Crippen molar-refractivity contribution in [1.29, 1.82) is 0 Å². The Bertz CT molecular complexity index is 424. The number of aryl methyl sites for hydroxylation is 1. The summed E-state index contributed by atoms with van der Waals surface area (Å²) in [5.41, 5.74) is 1.11. The van der Waals surface area contributed by atoms with Gasteiger partial charge in [-0.25, -0.2) is 0 Å². The average molecular weight is 360 g/mol. The summed E-state index contributed by atoms with van der Waals surface area (Å²) in [6.45, 7) is -0.713. The van der Waals surface area contributed by atoms with E-state index in [1.54, 1.807) is 0 Å². The van der Waals surface area contributed by atoms with E-state index in [-0.39, 0.29) is 0 Å². The van der Waals surface area contributed by atoms with Crippen molar-refractivity contribution in [3.05, 3.63) is 27.2 Å². The first kappa shape index (κ1) is 15.4. The van der Waals surface area contributed by atoms with Gasteiger partial charge in [-0.2, -0.15) is 0 Å². The quantitative estimate of drug-likeness (QED) is 0.720. The van der Waals surface area contributed by atoms with Crippen LogP contribution in [0.15, 0.2) is 16.6 Å². The van der Waals surface area contributed by atoms with Crippen LogP contribution in [0, 0.1) is 0 Å². The minimum atomic E-state index is -2.76. The van der Waals surface area contributed by atoms with E-state index < -0.39 is 6.72 Å². The summed E-state index contributed by atoms with van der Waals surface area (Å²) in [5.74, 6) is 0.455. The van der Waals surface area contributed by atoms with Gasteiger partial charge < -0.3 is 13.6 Å². The molecular weight excluding hydrogens is 347 g/mol. The summed E-state index contributed by atoms with van der Waals surface area (Å²) < 4.78 is 16.4. The standard InChI is InChI=1S/C10H13BrClO3PS/c1-4-7-5-8(11)10(9(12)6-7)15-16(17,13-2)14-3/h5-6H,4H2,1-3H3. The average Bonchev–Trinajstić information content (AvgIpc) is 2.33. The molecule has 1 aromatic rings. The van der Waals surface area contributed by atoms with Gasteiger partial charge in [-0.15, -0.1) is 0 Å². The topological polar surface area (TPSA) is 27.7 Å². The highest BCUT2D eigenvalue weighted by Crippen LogP contribution is 2.51. The minimum Gasteiger partial charge on any atom is -0.421 e. The zero-order valence-electron chi connectivity index (χ0n) is 9.70. The molecule has 0 saturated carbocycles. The lowest BCUT2D eigenvalue weighted by atomic mass is 10.2. The van der Waals surface area contributed by atoms with E-state index in [0.717, 1.165) is 16.5 Å². The molecule has 96 valence electrons. The Balaban J connectivity index is 3.11. The summed E-state index contributed by atoms with van der Waals surface area (Å²) in [6.07, 6.45) is 0.890. The maximum atomic E-state index is 6.14. The first-order valence-corrected chi connectivity index (χ1v) is 8.57. The monoisotopic (exact) mass is 358 g/mol. The summed E-state index contributed by atoms with van der Waals surface area (Å²) >= 11 is 14.7. The van der Waals surface area contributed by atoms with Crippen molar-refractivity contribution < 1.29 is 13.6 Å². The van der Waals surface area contributed by atoms with E-state index in [1.165, 1.54) is 14.2 Å². The second-order valence-corrected chi connectivity index (χ2v) is 7.56. The number of benzene rings is 1. The third-order valence-corrected chi connectivity index (χ3v) is 5.41. The largest absolute Gasteiger partial charge is 0.421 e. The van der Waals surface area contributed by atoms with E-state index in [4.69, 9.17) is 37.0 Å². The fourth-order valence-electron chi connectivity index (χ4n) is 1.16. The summed E-state index contributed by atoms with van der Waals surface area (Å²) in [5, 5.41) is 0.486. The van der Waals surface area contributed by atoms with Gasteiger partial charge in [0.1, 0.15) is 0 Å². The van der Waals surface area contributed by atoms with Gasteiger partial charge in [0.05, 0.1) is 9.50 Å². The van der Waals surface area contributed by atoms with E-state index >= 15 is 0 Å². The highest BCUT2D eigenvalue weighted by molar-refractivity contribution is 9.10. The normalized spacial score (nSPS) is 11.6.